The Morgan fingerprint density at radius 2 is 1.84 bits per heavy atom. The van der Waals surface area contributed by atoms with E-state index in [0.717, 1.165) is 57.6 Å². The van der Waals surface area contributed by atoms with Gasteiger partial charge in [0.25, 0.3) is 0 Å². The quantitative estimate of drug-likeness (QED) is 0.549. The second kappa shape index (κ2) is 11.0. The third kappa shape index (κ3) is 6.69. The minimum absolute atomic E-state index is 0.284. The average Bonchev–Trinajstić information content (AvgIpc) is 3.15. The molecule has 0 saturated carbocycles. The second-order valence-electron chi connectivity index (χ2n) is 9.80. The zero-order chi connectivity index (χ0) is 22.4. The van der Waals surface area contributed by atoms with Crippen LogP contribution >= 0.6 is 0 Å². The molecule has 0 radical (unpaired) electrons. The summed E-state index contributed by atoms with van der Waals surface area (Å²) in [6.07, 6.45) is 5.13. The Morgan fingerprint density at radius 1 is 1.16 bits per heavy atom. The third-order valence-electron chi connectivity index (χ3n) is 6.23. The van der Waals surface area contributed by atoms with Gasteiger partial charge in [-0.15, -0.1) is 0 Å². The van der Waals surface area contributed by atoms with Gasteiger partial charge in [0.2, 0.25) is 5.91 Å². The average molecular weight is 432 g/mol. The number of guanidine groups is 1. The molecule has 1 aromatic heterocycles. The van der Waals surface area contributed by atoms with Gasteiger partial charge in [0, 0.05) is 65.3 Å². The molecule has 8 heteroatoms. The van der Waals surface area contributed by atoms with Crippen molar-refractivity contribution in [2.45, 2.75) is 47.2 Å². The maximum absolute atomic E-state index is 12.8. The van der Waals surface area contributed by atoms with Crippen LogP contribution in [0.4, 0.5) is 0 Å². The van der Waals surface area contributed by atoms with Crippen LogP contribution in [-0.4, -0.2) is 89.0 Å². The summed E-state index contributed by atoms with van der Waals surface area (Å²) in [5.74, 6) is 4.02. The largest absolute Gasteiger partial charge is 0.349 e. The summed E-state index contributed by atoms with van der Waals surface area (Å²) in [5, 5.41) is 3.47. The summed E-state index contributed by atoms with van der Waals surface area (Å²) in [7, 11) is 1.83. The van der Waals surface area contributed by atoms with E-state index in [0.29, 0.717) is 30.8 Å². The second-order valence-corrected chi connectivity index (χ2v) is 9.80. The summed E-state index contributed by atoms with van der Waals surface area (Å²) in [5.41, 5.74) is 0. The Kier molecular flexibility index (Phi) is 8.35. The number of nitrogens with one attached hydrogen (secondary N) is 1. The third-order valence-corrected chi connectivity index (χ3v) is 6.23. The number of piperidine rings is 1. The molecule has 2 aliphatic rings. The van der Waals surface area contributed by atoms with E-state index >= 15 is 0 Å². The van der Waals surface area contributed by atoms with Crippen molar-refractivity contribution in [2.24, 2.45) is 22.7 Å². The number of nitrogens with zero attached hydrogens (tertiary/aromatic N) is 6. The zero-order valence-corrected chi connectivity index (χ0v) is 20.0. The maximum Gasteiger partial charge on any atom is 0.236 e. The maximum atomic E-state index is 12.8. The lowest BCUT2D eigenvalue weighted by molar-refractivity contribution is -0.135. The molecule has 2 unspecified atom stereocenters. The van der Waals surface area contributed by atoms with Crippen LogP contribution in [0.25, 0.3) is 0 Å². The Balaban J connectivity index is 1.45. The number of carbonyl (C=O) groups excluding carboxylic acids is 1. The molecule has 174 valence electrons. The molecule has 2 fully saturated rings. The summed E-state index contributed by atoms with van der Waals surface area (Å²) in [4.78, 5) is 28.4. The lowest BCUT2D eigenvalue weighted by atomic mass is 9.92. The standard InChI is InChI=1S/C23H41N7O/c1-18(2)14-29-7-6-25-21(29)13-26-23(24-5)28-10-8-27(9-11-28)17-22(31)30-15-19(3)12-20(4)16-30/h6-7,18-20H,8-17H2,1-5H3,(H,24,26). The Bertz CT molecular complexity index is 726. The van der Waals surface area contributed by atoms with Crippen molar-refractivity contribution in [3.8, 4) is 0 Å². The number of likely N-dealkylation sites (tertiary alicyclic amines) is 1. The Labute approximate surface area is 187 Å². The van der Waals surface area contributed by atoms with Gasteiger partial charge in [-0.05, 0) is 24.2 Å². The minimum Gasteiger partial charge on any atom is -0.349 e. The van der Waals surface area contributed by atoms with Gasteiger partial charge in [-0.1, -0.05) is 27.7 Å². The number of piperazine rings is 1. The topological polar surface area (TPSA) is 69.0 Å². The van der Waals surface area contributed by atoms with E-state index in [1.54, 1.807) is 0 Å². The summed E-state index contributed by atoms with van der Waals surface area (Å²) < 4.78 is 2.21. The number of amides is 1. The monoisotopic (exact) mass is 431 g/mol. The van der Waals surface area contributed by atoms with E-state index in [-0.39, 0.29) is 5.91 Å². The molecular weight excluding hydrogens is 390 g/mol. The molecule has 0 aromatic carbocycles. The molecule has 1 amide bonds. The van der Waals surface area contributed by atoms with Crippen molar-refractivity contribution in [1.29, 1.82) is 0 Å². The van der Waals surface area contributed by atoms with Crippen molar-refractivity contribution in [3.05, 3.63) is 18.2 Å². The molecule has 8 nitrogen and oxygen atoms in total. The molecule has 2 aliphatic heterocycles. The molecule has 1 aromatic rings. The number of hydrogen-bond acceptors (Lipinski definition) is 4. The lowest BCUT2D eigenvalue weighted by Crippen LogP contribution is -2.55. The number of aromatic nitrogens is 2. The smallest absolute Gasteiger partial charge is 0.236 e. The molecule has 2 saturated heterocycles. The first-order chi connectivity index (χ1) is 14.9. The predicted molar refractivity (Wildman–Crippen MR) is 125 cm³/mol. The molecule has 3 heterocycles. The van der Waals surface area contributed by atoms with Crippen molar-refractivity contribution in [1.82, 2.24) is 29.6 Å². The highest BCUT2D eigenvalue weighted by atomic mass is 16.2. The van der Waals surface area contributed by atoms with Crippen LogP contribution in [0.15, 0.2) is 17.4 Å². The number of hydrogen-bond donors (Lipinski definition) is 1. The van der Waals surface area contributed by atoms with Crippen LogP contribution < -0.4 is 5.32 Å². The Morgan fingerprint density at radius 3 is 2.45 bits per heavy atom. The highest BCUT2D eigenvalue weighted by Crippen LogP contribution is 2.21. The zero-order valence-electron chi connectivity index (χ0n) is 20.0. The molecule has 0 bridgehead atoms. The fraction of sp³-hybridized carbons (Fsp3) is 0.783. The number of aliphatic imine (C=N–C) groups is 1. The van der Waals surface area contributed by atoms with E-state index in [1.807, 2.05) is 19.4 Å². The SMILES string of the molecule is CN=C(NCc1nccn1CC(C)C)N1CCN(CC(=O)N2CC(C)CC(C)C2)CC1. The van der Waals surface area contributed by atoms with E-state index in [4.69, 9.17) is 0 Å². The van der Waals surface area contributed by atoms with Crippen LogP contribution in [0.3, 0.4) is 0 Å². The van der Waals surface area contributed by atoms with Crippen LogP contribution in [-0.2, 0) is 17.9 Å². The first kappa shape index (κ1) is 23.6. The van der Waals surface area contributed by atoms with Gasteiger partial charge in [-0.3, -0.25) is 14.7 Å². The first-order valence-electron chi connectivity index (χ1n) is 11.8. The number of imidazole rings is 1. The molecule has 3 rings (SSSR count). The predicted octanol–water partition coefficient (Wildman–Crippen LogP) is 1.74. The van der Waals surface area contributed by atoms with Crippen LogP contribution in [0.2, 0.25) is 0 Å². The summed E-state index contributed by atoms with van der Waals surface area (Å²) >= 11 is 0. The Hall–Kier alpha value is -2.09. The molecular formula is C23H41N7O. The fourth-order valence-corrected chi connectivity index (χ4v) is 4.83. The van der Waals surface area contributed by atoms with Gasteiger partial charge in [-0.25, -0.2) is 4.98 Å². The van der Waals surface area contributed by atoms with Crippen molar-refractivity contribution < 1.29 is 4.79 Å². The fourth-order valence-electron chi connectivity index (χ4n) is 4.83. The van der Waals surface area contributed by atoms with Gasteiger partial charge in [0.05, 0.1) is 13.1 Å². The van der Waals surface area contributed by atoms with Crippen molar-refractivity contribution in [2.75, 3.05) is 52.9 Å². The normalized spacial score (nSPS) is 23.5. The van der Waals surface area contributed by atoms with Crippen LogP contribution in [0.5, 0.6) is 0 Å². The van der Waals surface area contributed by atoms with Gasteiger partial charge < -0.3 is 19.7 Å². The van der Waals surface area contributed by atoms with Gasteiger partial charge in [0.15, 0.2) is 5.96 Å². The lowest BCUT2D eigenvalue weighted by Gasteiger charge is -2.39. The summed E-state index contributed by atoms with van der Waals surface area (Å²) in [6.45, 7) is 16.4. The van der Waals surface area contributed by atoms with E-state index in [9.17, 15) is 4.79 Å². The van der Waals surface area contributed by atoms with Gasteiger partial charge in [-0.2, -0.15) is 0 Å². The number of carbonyl (C=O) groups is 1. The van der Waals surface area contributed by atoms with Crippen LogP contribution in [0.1, 0.15) is 39.9 Å². The molecule has 31 heavy (non-hydrogen) atoms. The van der Waals surface area contributed by atoms with Crippen molar-refractivity contribution >= 4 is 11.9 Å². The number of rotatable bonds is 6. The van der Waals surface area contributed by atoms with Crippen molar-refractivity contribution in [3.63, 3.8) is 0 Å². The van der Waals surface area contributed by atoms with E-state index in [1.165, 1.54) is 6.42 Å². The van der Waals surface area contributed by atoms with E-state index < -0.39 is 0 Å². The molecule has 0 aliphatic carbocycles. The van der Waals surface area contributed by atoms with E-state index in [2.05, 4.69) is 62.3 Å². The minimum atomic E-state index is 0.284. The molecule has 0 spiro atoms. The summed E-state index contributed by atoms with van der Waals surface area (Å²) in [6, 6.07) is 0. The molecule has 1 N–H and O–H groups in total. The highest BCUT2D eigenvalue weighted by molar-refractivity contribution is 5.80. The molecule has 2 atom stereocenters. The first-order valence-corrected chi connectivity index (χ1v) is 11.8. The van der Waals surface area contributed by atoms with Crippen LogP contribution in [0, 0.1) is 17.8 Å². The van der Waals surface area contributed by atoms with Gasteiger partial charge >= 0.3 is 0 Å². The highest BCUT2D eigenvalue weighted by Gasteiger charge is 2.28. The van der Waals surface area contributed by atoms with Gasteiger partial charge in [0.1, 0.15) is 5.82 Å².